The van der Waals surface area contributed by atoms with Gasteiger partial charge in [0.2, 0.25) is 0 Å². The molecular formula is C12H10BrN5O2. The molecule has 20 heavy (non-hydrogen) atoms. The van der Waals surface area contributed by atoms with Crippen molar-refractivity contribution in [2.24, 2.45) is 0 Å². The third-order valence-corrected chi connectivity index (χ3v) is 3.52. The highest BCUT2D eigenvalue weighted by Gasteiger charge is 2.19. The van der Waals surface area contributed by atoms with E-state index in [4.69, 9.17) is 0 Å². The summed E-state index contributed by atoms with van der Waals surface area (Å²) < 4.78 is 2.47. The lowest BCUT2D eigenvalue weighted by atomic mass is 10.3. The van der Waals surface area contributed by atoms with Gasteiger partial charge in [0, 0.05) is 11.4 Å². The van der Waals surface area contributed by atoms with Crippen molar-refractivity contribution >= 4 is 32.8 Å². The predicted molar refractivity (Wildman–Crippen MR) is 76.5 cm³/mol. The SMILES string of the molecule is Cc1ncc([N+](=O)[O-])n1Cc1nc2ccc(Br)cc2[nH]1. The molecule has 8 heteroatoms. The fourth-order valence-electron chi connectivity index (χ4n) is 2.06. The zero-order valence-corrected chi connectivity index (χ0v) is 12.1. The smallest absolute Gasteiger partial charge is 0.343 e. The van der Waals surface area contributed by atoms with Crippen molar-refractivity contribution in [1.29, 1.82) is 0 Å². The minimum atomic E-state index is -0.445. The lowest BCUT2D eigenvalue weighted by molar-refractivity contribution is -0.392. The summed E-state index contributed by atoms with van der Waals surface area (Å²) in [5, 5.41) is 11.0. The summed E-state index contributed by atoms with van der Waals surface area (Å²) in [5.74, 6) is 1.20. The number of nitrogens with zero attached hydrogens (tertiary/aromatic N) is 4. The minimum absolute atomic E-state index is 0.0378. The molecule has 0 atom stereocenters. The highest BCUT2D eigenvalue weighted by molar-refractivity contribution is 9.10. The molecular weight excluding hydrogens is 326 g/mol. The second-order valence-corrected chi connectivity index (χ2v) is 5.27. The summed E-state index contributed by atoms with van der Waals surface area (Å²) in [5.41, 5.74) is 1.71. The predicted octanol–water partition coefficient (Wildman–Crippen LogP) is 2.79. The molecule has 2 heterocycles. The first kappa shape index (κ1) is 12.8. The molecule has 102 valence electrons. The van der Waals surface area contributed by atoms with Crippen molar-refractivity contribution in [3.63, 3.8) is 0 Å². The molecule has 0 radical (unpaired) electrons. The number of H-pyrrole nitrogens is 1. The first-order chi connectivity index (χ1) is 9.54. The van der Waals surface area contributed by atoms with Crippen LogP contribution in [0.4, 0.5) is 5.82 Å². The minimum Gasteiger partial charge on any atom is -0.358 e. The molecule has 7 nitrogen and oxygen atoms in total. The van der Waals surface area contributed by atoms with Crippen LogP contribution in [0.25, 0.3) is 11.0 Å². The quantitative estimate of drug-likeness (QED) is 0.588. The number of imidazole rings is 2. The lowest BCUT2D eigenvalue weighted by Crippen LogP contribution is -2.07. The van der Waals surface area contributed by atoms with E-state index >= 15 is 0 Å². The molecule has 0 bridgehead atoms. The van der Waals surface area contributed by atoms with E-state index in [0.29, 0.717) is 11.6 Å². The Morgan fingerprint density at radius 2 is 2.30 bits per heavy atom. The second kappa shape index (κ2) is 4.71. The van der Waals surface area contributed by atoms with Gasteiger partial charge in [0.05, 0.1) is 11.0 Å². The highest BCUT2D eigenvalue weighted by atomic mass is 79.9. The number of benzene rings is 1. The van der Waals surface area contributed by atoms with E-state index in [1.54, 1.807) is 6.92 Å². The van der Waals surface area contributed by atoms with Crippen molar-refractivity contribution in [2.45, 2.75) is 13.5 Å². The highest BCUT2D eigenvalue weighted by Crippen LogP contribution is 2.20. The van der Waals surface area contributed by atoms with Gasteiger partial charge in [0.15, 0.2) is 12.4 Å². The first-order valence-electron chi connectivity index (χ1n) is 5.85. The average Bonchev–Trinajstić information content (AvgIpc) is 2.93. The van der Waals surface area contributed by atoms with E-state index < -0.39 is 4.92 Å². The topological polar surface area (TPSA) is 89.6 Å². The Morgan fingerprint density at radius 3 is 3.05 bits per heavy atom. The Hall–Kier alpha value is -2.22. The monoisotopic (exact) mass is 335 g/mol. The molecule has 1 N–H and O–H groups in total. The maximum Gasteiger partial charge on any atom is 0.343 e. The Morgan fingerprint density at radius 1 is 1.50 bits per heavy atom. The van der Waals surface area contributed by atoms with Gasteiger partial charge in [-0.25, -0.2) is 14.5 Å². The molecule has 0 spiro atoms. The number of rotatable bonds is 3. The van der Waals surface area contributed by atoms with Gasteiger partial charge in [-0.05, 0) is 23.1 Å². The summed E-state index contributed by atoms with van der Waals surface area (Å²) >= 11 is 3.39. The molecule has 1 aromatic carbocycles. The zero-order chi connectivity index (χ0) is 14.3. The van der Waals surface area contributed by atoms with Crippen LogP contribution in [0.15, 0.2) is 28.9 Å². The number of nitrogens with one attached hydrogen (secondary N) is 1. The van der Waals surface area contributed by atoms with Crippen LogP contribution in [0.5, 0.6) is 0 Å². The van der Waals surface area contributed by atoms with Crippen molar-refractivity contribution in [1.82, 2.24) is 19.5 Å². The number of halogens is 1. The molecule has 0 saturated carbocycles. The van der Waals surface area contributed by atoms with Gasteiger partial charge in [-0.3, -0.25) is 0 Å². The van der Waals surface area contributed by atoms with E-state index in [1.807, 2.05) is 18.2 Å². The normalized spacial score (nSPS) is 11.1. The van der Waals surface area contributed by atoms with Crippen LogP contribution in [0.1, 0.15) is 11.6 Å². The fraction of sp³-hybridized carbons (Fsp3) is 0.167. The largest absolute Gasteiger partial charge is 0.358 e. The summed E-state index contributed by atoms with van der Waals surface area (Å²) in [6, 6.07) is 5.70. The maximum absolute atomic E-state index is 11.0. The molecule has 2 aromatic heterocycles. The number of hydrogen-bond donors (Lipinski definition) is 1. The van der Waals surface area contributed by atoms with Crippen LogP contribution in [0.2, 0.25) is 0 Å². The second-order valence-electron chi connectivity index (χ2n) is 4.35. The number of aromatic nitrogens is 4. The van der Waals surface area contributed by atoms with Gasteiger partial charge in [-0.2, -0.15) is 0 Å². The maximum atomic E-state index is 11.0. The van der Waals surface area contributed by atoms with Crippen LogP contribution in [0.3, 0.4) is 0 Å². The van der Waals surface area contributed by atoms with Crippen LogP contribution in [-0.2, 0) is 6.54 Å². The number of hydrogen-bond acceptors (Lipinski definition) is 4. The Balaban J connectivity index is 2.01. The van der Waals surface area contributed by atoms with Gasteiger partial charge in [-0.1, -0.05) is 15.9 Å². The van der Waals surface area contributed by atoms with E-state index in [0.717, 1.165) is 15.5 Å². The fourth-order valence-corrected chi connectivity index (χ4v) is 2.42. The Kier molecular flexibility index (Phi) is 3.01. The molecule has 0 aliphatic carbocycles. The Labute approximate surface area is 121 Å². The van der Waals surface area contributed by atoms with Crippen LogP contribution in [-0.4, -0.2) is 24.4 Å². The molecule has 0 aliphatic rings. The summed E-state index contributed by atoms with van der Waals surface area (Å²) in [7, 11) is 0. The van der Waals surface area contributed by atoms with Gasteiger partial charge in [0.25, 0.3) is 0 Å². The van der Waals surface area contributed by atoms with Crippen LogP contribution in [0, 0.1) is 17.0 Å². The standard InChI is InChI=1S/C12H10BrN5O2/c1-7-14-5-12(18(19)20)17(7)6-11-15-9-3-2-8(13)4-10(9)16-11/h2-5H,6H2,1H3,(H,15,16). The van der Waals surface area contributed by atoms with E-state index in [9.17, 15) is 10.1 Å². The van der Waals surface area contributed by atoms with Crippen molar-refractivity contribution < 1.29 is 4.92 Å². The summed E-state index contributed by atoms with van der Waals surface area (Å²) in [6.45, 7) is 2.01. The average molecular weight is 336 g/mol. The third-order valence-electron chi connectivity index (χ3n) is 3.02. The van der Waals surface area contributed by atoms with Crippen LogP contribution >= 0.6 is 15.9 Å². The lowest BCUT2D eigenvalue weighted by Gasteiger charge is -1.99. The van der Waals surface area contributed by atoms with E-state index in [-0.39, 0.29) is 12.4 Å². The Bertz CT molecular complexity index is 807. The summed E-state index contributed by atoms with van der Waals surface area (Å²) in [4.78, 5) is 22.1. The van der Waals surface area contributed by atoms with E-state index in [1.165, 1.54) is 10.8 Å². The van der Waals surface area contributed by atoms with Crippen molar-refractivity contribution in [3.05, 3.63) is 50.6 Å². The molecule has 0 saturated heterocycles. The number of fused-ring (bicyclic) bond motifs is 1. The molecule has 0 aliphatic heterocycles. The van der Waals surface area contributed by atoms with Crippen molar-refractivity contribution in [2.75, 3.05) is 0 Å². The zero-order valence-electron chi connectivity index (χ0n) is 10.5. The molecule has 0 fully saturated rings. The van der Waals surface area contributed by atoms with Crippen molar-refractivity contribution in [3.8, 4) is 0 Å². The van der Waals surface area contributed by atoms with Gasteiger partial charge < -0.3 is 15.1 Å². The van der Waals surface area contributed by atoms with Gasteiger partial charge in [-0.15, -0.1) is 0 Å². The third kappa shape index (κ3) is 2.18. The van der Waals surface area contributed by atoms with Gasteiger partial charge in [0.1, 0.15) is 12.0 Å². The summed E-state index contributed by atoms with van der Waals surface area (Å²) in [6.07, 6.45) is 1.26. The van der Waals surface area contributed by atoms with Crippen LogP contribution < -0.4 is 0 Å². The molecule has 3 rings (SSSR count). The van der Waals surface area contributed by atoms with E-state index in [2.05, 4.69) is 30.9 Å². The first-order valence-corrected chi connectivity index (χ1v) is 6.64. The number of nitro groups is 1. The molecule has 0 amide bonds. The molecule has 0 unspecified atom stereocenters. The number of aryl methyl sites for hydroxylation is 1. The number of aromatic amines is 1. The molecule has 3 aromatic rings. The van der Waals surface area contributed by atoms with Gasteiger partial charge >= 0.3 is 5.82 Å².